The molecule has 0 saturated carbocycles. The molecule has 1 aliphatic rings. The number of nitrogens with one attached hydrogen (secondary N) is 1. The minimum atomic E-state index is 0.589. The SMILES string of the molecule is Brc1ccc([C@@H]2CNCS2)cn1. The monoisotopic (exact) mass is 244 g/mol. The van der Waals surface area contributed by atoms with Crippen molar-refractivity contribution >= 4 is 27.7 Å². The van der Waals surface area contributed by atoms with Crippen LogP contribution in [0.5, 0.6) is 0 Å². The van der Waals surface area contributed by atoms with Crippen LogP contribution in [-0.4, -0.2) is 17.4 Å². The molecule has 1 aliphatic heterocycles. The molecule has 0 unspecified atom stereocenters. The molecular weight excluding hydrogens is 236 g/mol. The zero-order valence-electron chi connectivity index (χ0n) is 6.46. The first-order valence-corrected chi connectivity index (χ1v) is 5.64. The highest BCUT2D eigenvalue weighted by Crippen LogP contribution is 2.31. The van der Waals surface area contributed by atoms with Crippen LogP contribution in [0.3, 0.4) is 0 Å². The molecule has 1 fully saturated rings. The molecule has 0 amide bonds. The van der Waals surface area contributed by atoms with E-state index in [-0.39, 0.29) is 0 Å². The largest absolute Gasteiger partial charge is 0.306 e. The molecule has 1 atom stereocenters. The minimum absolute atomic E-state index is 0.589. The summed E-state index contributed by atoms with van der Waals surface area (Å²) < 4.78 is 0.905. The Labute approximate surface area is 84.3 Å². The molecule has 1 aromatic heterocycles. The molecule has 2 nitrogen and oxygen atoms in total. The van der Waals surface area contributed by atoms with E-state index in [1.165, 1.54) is 5.56 Å². The van der Waals surface area contributed by atoms with Gasteiger partial charge in [0.25, 0.3) is 0 Å². The molecule has 64 valence electrons. The predicted molar refractivity (Wildman–Crippen MR) is 55.1 cm³/mol. The van der Waals surface area contributed by atoms with Gasteiger partial charge in [0.2, 0.25) is 0 Å². The summed E-state index contributed by atoms with van der Waals surface area (Å²) in [5.41, 5.74) is 1.31. The van der Waals surface area contributed by atoms with Crippen molar-refractivity contribution in [1.82, 2.24) is 10.3 Å². The van der Waals surface area contributed by atoms with Crippen molar-refractivity contribution in [2.24, 2.45) is 0 Å². The van der Waals surface area contributed by atoms with E-state index >= 15 is 0 Å². The molecule has 1 N–H and O–H groups in total. The normalized spacial score (nSPS) is 22.9. The highest BCUT2D eigenvalue weighted by molar-refractivity contribution is 9.10. The Balaban J connectivity index is 2.17. The van der Waals surface area contributed by atoms with Crippen molar-refractivity contribution < 1.29 is 0 Å². The summed E-state index contributed by atoms with van der Waals surface area (Å²) in [5.74, 6) is 1.06. The smallest absolute Gasteiger partial charge is 0.106 e. The van der Waals surface area contributed by atoms with Gasteiger partial charge in [0, 0.05) is 23.9 Å². The van der Waals surface area contributed by atoms with E-state index in [1.807, 2.05) is 24.0 Å². The zero-order valence-corrected chi connectivity index (χ0v) is 8.86. The van der Waals surface area contributed by atoms with E-state index in [1.54, 1.807) is 0 Å². The second kappa shape index (κ2) is 3.77. The fourth-order valence-corrected chi connectivity index (χ4v) is 2.44. The average Bonchev–Trinajstić information content (AvgIpc) is 2.58. The number of nitrogens with zero attached hydrogens (tertiary/aromatic N) is 1. The number of aromatic nitrogens is 1. The highest BCUT2D eigenvalue weighted by atomic mass is 79.9. The Hall–Kier alpha value is -0.0600. The van der Waals surface area contributed by atoms with Crippen LogP contribution < -0.4 is 5.32 Å². The molecule has 2 heterocycles. The van der Waals surface area contributed by atoms with Crippen LogP contribution in [-0.2, 0) is 0 Å². The summed E-state index contributed by atoms with van der Waals surface area (Å²) in [7, 11) is 0. The Morgan fingerprint density at radius 3 is 3.08 bits per heavy atom. The van der Waals surface area contributed by atoms with Crippen LogP contribution in [0.2, 0.25) is 0 Å². The molecule has 4 heteroatoms. The standard InChI is InChI=1S/C8H9BrN2S/c9-8-2-1-6(3-11-8)7-4-10-5-12-7/h1-3,7,10H,4-5H2/t7-/m0/s1. The van der Waals surface area contributed by atoms with Gasteiger partial charge in [-0.3, -0.25) is 0 Å². The number of halogens is 1. The molecule has 2 rings (SSSR count). The summed E-state index contributed by atoms with van der Waals surface area (Å²) in [6, 6.07) is 4.12. The van der Waals surface area contributed by atoms with Crippen molar-refractivity contribution in [3.05, 3.63) is 28.5 Å². The molecule has 1 aromatic rings. The third kappa shape index (κ3) is 1.81. The van der Waals surface area contributed by atoms with Crippen LogP contribution in [0.25, 0.3) is 0 Å². The number of rotatable bonds is 1. The first kappa shape index (κ1) is 8.53. The van der Waals surface area contributed by atoms with Crippen LogP contribution in [0.4, 0.5) is 0 Å². The van der Waals surface area contributed by atoms with Crippen LogP contribution in [0, 0.1) is 0 Å². The third-order valence-electron chi connectivity index (χ3n) is 1.84. The molecule has 1 saturated heterocycles. The molecule has 0 aromatic carbocycles. The lowest BCUT2D eigenvalue weighted by Crippen LogP contribution is -2.07. The first-order valence-electron chi connectivity index (χ1n) is 3.80. The maximum atomic E-state index is 4.20. The summed E-state index contributed by atoms with van der Waals surface area (Å²) in [4.78, 5) is 4.20. The molecule has 0 aliphatic carbocycles. The van der Waals surface area contributed by atoms with Gasteiger partial charge in [-0.2, -0.15) is 0 Å². The second-order valence-electron chi connectivity index (χ2n) is 2.67. The Morgan fingerprint density at radius 2 is 2.50 bits per heavy atom. The Morgan fingerprint density at radius 1 is 1.58 bits per heavy atom. The van der Waals surface area contributed by atoms with E-state index in [2.05, 4.69) is 32.3 Å². The van der Waals surface area contributed by atoms with Crippen molar-refractivity contribution in [2.75, 3.05) is 12.4 Å². The maximum Gasteiger partial charge on any atom is 0.106 e. The van der Waals surface area contributed by atoms with Crippen molar-refractivity contribution in [3.8, 4) is 0 Å². The summed E-state index contributed by atoms with van der Waals surface area (Å²) in [6.07, 6.45) is 1.94. The molecular formula is C8H9BrN2S. The second-order valence-corrected chi connectivity index (χ2v) is 4.67. The van der Waals surface area contributed by atoms with Crippen molar-refractivity contribution in [2.45, 2.75) is 5.25 Å². The van der Waals surface area contributed by atoms with Gasteiger partial charge in [-0.05, 0) is 27.6 Å². The Bertz CT molecular complexity index is 256. The van der Waals surface area contributed by atoms with Gasteiger partial charge in [-0.15, -0.1) is 11.8 Å². The van der Waals surface area contributed by atoms with Gasteiger partial charge in [0.15, 0.2) is 0 Å². The molecule has 0 spiro atoms. The predicted octanol–water partition coefficient (Wildman–Crippen LogP) is 2.18. The lowest BCUT2D eigenvalue weighted by molar-refractivity contribution is 0.804. The van der Waals surface area contributed by atoms with Gasteiger partial charge < -0.3 is 5.32 Å². The zero-order chi connectivity index (χ0) is 8.39. The van der Waals surface area contributed by atoms with E-state index in [0.29, 0.717) is 5.25 Å². The number of pyridine rings is 1. The van der Waals surface area contributed by atoms with E-state index in [0.717, 1.165) is 17.0 Å². The fourth-order valence-electron chi connectivity index (χ4n) is 1.20. The van der Waals surface area contributed by atoms with Crippen LogP contribution in [0.15, 0.2) is 22.9 Å². The first-order chi connectivity index (χ1) is 5.86. The van der Waals surface area contributed by atoms with E-state index in [9.17, 15) is 0 Å². The highest BCUT2D eigenvalue weighted by Gasteiger charge is 2.16. The van der Waals surface area contributed by atoms with Gasteiger partial charge >= 0.3 is 0 Å². The molecule has 0 bridgehead atoms. The van der Waals surface area contributed by atoms with Gasteiger partial charge in [-0.1, -0.05) is 6.07 Å². The van der Waals surface area contributed by atoms with Crippen LogP contribution >= 0.6 is 27.7 Å². The van der Waals surface area contributed by atoms with Crippen molar-refractivity contribution in [3.63, 3.8) is 0 Å². The molecule has 0 radical (unpaired) electrons. The number of hydrogen-bond donors (Lipinski definition) is 1. The Kier molecular flexibility index (Phi) is 2.68. The third-order valence-corrected chi connectivity index (χ3v) is 3.52. The maximum absolute atomic E-state index is 4.20. The van der Waals surface area contributed by atoms with Gasteiger partial charge in [0.1, 0.15) is 4.60 Å². The van der Waals surface area contributed by atoms with E-state index in [4.69, 9.17) is 0 Å². The average molecular weight is 245 g/mol. The van der Waals surface area contributed by atoms with E-state index < -0.39 is 0 Å². The lowest BCUT2D eigenvalue weighted by Gasteiger charge is -2.06. The summed E-state index contributed by atoms with van der Waals surface area (Å²) in [5, 5.41) is 3.90. The molecule has 12 heavy (non-hydrogen) atoms. The number of hydrogen-bond acceptors (Lipinski definition) is 3. The lowest BCUT2D eigenvalue weighted by atomic mass is 10.2. The topological polar surface area (TPSA) is 24.9 Å². The van der Waals surface area contributed by atoms with Crippen LogP contribution in [0.1, 0.15) is 10.8 Å². The van der Waals surface area contributed by atoms with Gasteiger partial charge in [-0.25, -0.2) is 4.98 Å². The summed E-state index contributed by atoms with van der Waals surface area (Å²) in [6.45, 7) is 1.06. The summed E-state index contributed by atoms with van der Waals surface area (Å²) >= 11 is 5.26. The minimum Gasteiger partial charge on any atom is -0.306 e. The number of thioether (sulfide) groups is 1. The van der Waals surface area contributed by atoms with Gasteiger partial charge in [0.05, 0.1) is 0 Å². The quantitative estimate of drug-likeness (QED) is 0.767. The van der Waals surface area contributed by atoms with Crippen molar-refractivity contribution in [1.29, 1.82) is 0 Å². The fraction of sp³-hybridized carbons (Fsp3) is 0.375.